The van der Waals surface area contributed by atoms with Gasteiger partial charge in [-0.3, -0.25) is 9.35 Å². The Kier molecular flexibility index (Phi) is 6.55. The standard InChI is InChI=1S/C17H22F6O9S/c1-5(2)12(24)30-10-7-3-6-8(13(25)31-11(6)10)9(7)14(26)32-15(16(18,19)20,17(21,22)23)4-33(27,28)29/h5-12,14,24,26H,3-4H2,1-2H3,(H,27,28,29)/t6?,7?,8?,9?,10?,11?,12-,14+/m1/s1. The number of hydrogen-bond acceptors (Lipinski definition) is 8. The Morgan fingerprint density at radius 2 is 1.64 bits per heavy atom. The van der Waals surface area contributed by atoms with E-state index in [9.17, 15) is 49.8 Å². The van der Waals surface area contributed by atoms with Crippen LogP contribution in [0.2, 0.25) is 0 Å². The molecule has 3 N–H and O–H groups in total. The summed E-state index contributed by atoms with van der Waals surface area (Å²) in [5.74, 6) is -9.19. The van der Waals surface area contributed by atoms with Crippen molar-refractivity contribution in [3.63, 3.8) is 0 Å². The van der Waals surface area contributed by atoms with Crippen LogP contribution in [0.3, 0.4) is 0 Å². The fraction of sp³-hybridized carbons (Fsp3) is 0.941. The lowest BCUT2D eigenvalue weighted by atomic mass is 9.77. The van der Waals surface area contributed by atoms with Crippen molar-refractivity contribution in [2.24, 2.45) is 29.6 Å². The lowest BCUT2D eigenvalue weighted by molar-refractivity contribution is -0.404. The number of carbonyl (C=O) groups is 1. The summed E-state index contributed by atoms with van der Waals surface area (Å²) in [7, 11) is -5.91. The normalized spacial score (nSPS) is 34.1. The van der Waals surface area contributed by atoms with Gasteiger partial charge in [-0.2, -0.15) is 34.8 Å². The Bertz CT molecular complexity index is 859. The van der Waals surface area contributed by atoms with Crippen LogP contribution in [0.15, 0.2) is 0 Å². The smallest absolute Gasteiger partial charge is 0.427 e. The molecule has 0 aromatic carbocycles. The maximum atomic E-state index is 13.6. The van der Waals surface area contributed by atoms with Gasteiger partial charge < -0.3 is 24.4 Å². The predicted octanol–water partition coefficient (Wildman–Crippen LogP) is 1.24. The fourth-order valence-electron chi connectivity index (χ4n) is 4.97. The molecule has 0 aromatic rings. The molecule has 0 radical (unpaired) electrons. The van der Waals surface area contributed by atoms with E-state index in [1.54, 1.807) is 13.8 Å². The van der Waals surface area contributed by atoms with Crippen LogP contribution in [0.5, 0.6) is 0 Å². The first kappa shape index (κ1) is 26.4. The second-order valence-corrected chi connectivity index (χ2v) is 10.3. The first-order chi connectivity index (χ1) is 14.8. The van der Waals surface area contributed by atoms with E-state index in [1.807, 2.05) is 0 Å². The second-order valence-electron chi connectivity index (χ2n) is 8.86. The molecule has 1 aliphatic heterocycles. The molecule has 16 heteroatoms. The topological polar surface area (TPSA) is 140 Å². The highest BCUT2D eigenvalue weighted by atomic mass is 32.2. The van der Waals surface area contributed by atoms with Crippen molar-refractivity contribution in [3.8, 4) is 0 Å². The Balaban J connectivity index is 1.97. The highest BCUT2D eigenvalue weighted by molar-refractivity contribution is 7.85. The van der Waals surface area contributed by atoms with E-state index in [4.69, 9.17) is 14.0 Å². The third-order valence-corrected chi connectivity index (χ3v) is 7.20. The number of alkyl halides is 6. The summed E-state index contributed by atoms with van der Waals surface area (Å²) in [6.07, 6.45) is -19.3. The summed E-state index contributed by atoms with van der Waals surface area (Å²) < 4.78 is 127. The van der Waals surface area contributed by atoms with Gasteiger partial charge in [0.05, 0.1) is 5.92 Å². The average molecular weight is 516 g/mol. The van der Waals surface area contributed by atoms with Crippen molar-refractivity contribution in [2.45, 2.75) is 63.0 Å². The van der Waals surface area contributed by atoms with Crippen molar-refractivity contribution < 1.29 is 68.5 Å². The number of aliphatic hydroxyl groups is 2. The Hall–Kier alpha value is -1.20. The van der Waals surface area contributed by atoms with Gasteiger partial charge in [0.25, 0.3) is 15.7 Å². The van der Waals surface area contributed by atoms with Gasteiger partial charge in [0.2, 0.25) is 0 Å². The average Bonchev–Trinajstić information content (AvgIpc) is 3.21. The number of carbonyl (C=O) groups excluding carboxylic acids is 1. The van der Waals surface area contributed by atoms with Gasteiger partial charge in [0, 0.05) is 17.8 Å². The Labute approximate surface area is 183 Å². The van der Waals surface area contributed by atoms with Crippen LogP contribution < -0.4 is 0 Å². The number of fused-ring (bicyclic) bond motifs is 1. The number of halogens is 6. The largest absolute Gasteiger partial charge is 0.459 e. The molecule has 9 nitrogen and oxygen atoms in total. The zero-order chi connectivity index (χ0) is 25.3. The number of esters is 1. The van der Waals surface area contributed by atoms with E-state index >= 15 is 0 Å². The van der Waals surface area contributed by atoms with Crippen LogP contribution in [0, 0.1) is 29.6 Å². The minimum Gasteiger partial charge on any atom is -0.459 e. The molecular weight excluding hydrogens is 494 g/mol. The quantitative estimate of drug-likeness (QED) is 0.188. The number of aliphatic hydroxyl groups excluding tert-OH is 2. The van der Waals surface area contributed by atoms with Crippen LogP contribution >= 0.6 is 0 Å². The molecule has 0 amide bonds. The van der Waals surface area contributed by atoms with Gasteiger partial charge in [-0.05, 0) is 12.3 Å². The van der Waals surface area contributed by atoms with E-state index in [2.05, 4.69) is 4.74 Å². The molecule has 2 saturated carbocycles. The summed E-state index contributed by atoms with van der Waals surface area (Å²) in [5.41, 5.74) is -5.48. The van der Waals surface area contributed by atoms with E-state index in [0.29, 0.717) is 0 Å². The van der Waals surface area contributed by atoms with Gasteiger partial charge in [0.15, 0.2) is 12.6 Å². The van der Waals surface area contributed by atoms with E-state index < -0.39 is 94.2 Å². The van der Waals surface area contributed by atoms with Crippen LogP contribution in [0.1, 0.15) is 20.3 Å². The van der Waals surface area contributed by atoms with Crippen molar-refractivity contribution >= 4 is 16.1 Å². The monoisotopic (exact) mass is 516 g/mol. The van der Waals surface area contributed by atoms with Crippen molar-refractivity contribution in [2.75, 3.05) is 5.75 Å². The molecule has 3 fully saturated rings. The maximum absolute atomic E-state index is 13.6. The molecule has 0 spiro atoms. The molecule has 1 heterocycles. The van der Waals surface area contributed by atoms with Crippen LogP contribution in [-0.4, -0.2) is 77.6 Å². The highest BCUT2D eigenvalue weighted by Crippen LogP contribution is 2.61. The molecule has 3 rings (SSSR count). The van der Waals surface area contributed by atoms with Crippen molar-refractivity contribution in [1.29, 1.82) is 0 Å². The Morgan fingerprint density at radius 1 is 1.09 bits per heavy atom. The molecule has 8 atom stereocenters. The minimum atomic E-state index is -6.43. The van der Waals surface area contributed by atoms with Crippen molar-refractivity contribution in [1.82, 2.24) is 0 Å². The molecule has 6 unspecified atom stereocenters. The summed E-state index contributed by atoms with van der Waals surface area (Å²) in [4.78, 5) is 12.3. The first-order valence-electron chi connectivity index (χ1n) is 9.79. The van der Waals surface area contributed by atoms with Gasteiger partial charge >= 0.3 is 18.3 Å². The summed E-state index contributed by atoms with van der Waals surface area (Å²) in [6.45, 7) is 3.13. The van der Waals surface area contributed by atoms with E-state index in [-0.39, 0.29) is 6.42 Å². The highest BCUT2D eigenvalue weighted by Gasteiger charge is 2.76. The SMILES string of the molecule is CC(C)[C@H](O)OC1C2CC3C1OC(=O)C3C2[C@@H](O)OC(CS(=O)(=O)O)(C(F)(F)F)C(F)(F)F. The number of hydrogen-bond donors (Lipinski definition) is 3. The van der Waals surface area contributed by atoms with E-state index in [1.165, 1.54) is 0 Å². The van der Waals surface area contributed by atoms with E-state index in [0.717, 1.165) is 0 Å². The fourth-order valence-corrected chi connectivity index (χ4v) is 5.88. The molecule has 1 saturated heterocycles. The van der Waals surface area contributed by atoms with Gasteiger partial charge in [-0.25, -0.2) is 0 Å². The zero-order valence-electron chi connectivity index (χ0n) is 17.1. The molecule has 192 valence electrons. The van der Waals surface area contributed by atoms with Gasteiger partial charge in [-0.1, -0.05) is 13.8 Å². The summed E-state index contributed by atoms with van der Waals surface area (Å²) in [5, 5.41) is 20.4. The lowest BCUT2D eigenvalue weighted by Crippen LogP contribution is -2.65. The van der Waals surface area contributed by atoms with Gasteiger partial charge in [-0.15, -0.1) is 0 Å². The molecule has 2 bridgehead atoms. The third kappa shape index (κ3) is 4.45. The predicted molar refractivity (Wildman–Crippen MR) is 92.5 cm³/mol. The third-order valence-electron chi connectivity index (χ3n) is 6.43. The number of rotatable bonds is 8. The second kappa shape index (κ2) is 8.19. The van der Waals surface area contributed by atoms with Crippen LogP contribution in [0.4, 0.5) is 26.3 Å². The first-order valence-corrected chi connectivity index (χ1v) is 11.4. The van der Waals surface area contributed by atoms with Gasteiger partial charge in [0.1, 0.15) is 18.0 Å². The number of ether oxygens (including phenoxy) is 3. The minimum absolute atomic E-state index is 0.0188. The molecular formula is C17H22F6O9S. The summed E-state index contributed by atoms with van der Waals surface area (Å²) in [6, 6.07) is 0. The molecule has 33 heavy (non-hydrogen) atoms. The summed E-state index contributed by atoms with van der Waals surface area (Å²) >= 11 is 0. The van der Waals surface area contributed by atoms with Crippen LogP contribution in [-0.2, 0) is 29.1 Å². The molecule has 0 aromatic heterocycles. The Morgan fingerprint density at radius 3 is 2.09 bits per heavy atom. The van der Waals surface area contributed by atoms with Crippen molar-refractivity contribution in [3.05, 3.63) is 0 Å². The van der Waals surface area contributed by atoms with Crippen LogP contribution in [0.25, 0.3) is 0 Å². The maximum Gasteiger partial charge on any atom is 0.427 e. The molecule has 2 aliphatic carbocycles. The zero-order valence-corrected chi connectivity index (χ0v) is 17.9. The lowest BCUT2D eigenvalue weighted by Gasteiger charge is -2.41. The molecule has 3 aliphatic rings.